The van der Waals surface area contributed by atoms with Crippen LogP contribution in [0.2, 0.25) is 0 Å². The fourth-order valence-electron chi connectivity index (χ4n) is 2.93. The molecule has 1 aliphatic carbocycles. The largest absolute Gasteiger partial charge is 0.272 e. The van der Waals surface area contributed by atoms with Gasteiger partial charge in [-0.1, -0.05) is 46.3 Å². The van der Waals surface area contributed by atoms with E-state index in [4.69, 9.17) is 4.98 Å². The first-order valence-corrected chi connectivity index (χ1v) is 9.41. The van der Waals surface area contributed by atoms with Crippen molar-refractivity contribution < 1.29 is 4.79 Å². The number of benzene rings is 2. The van der Waals surface area contributed by atoms with Crippen molar-refractivity contribution in [2.75, 3.05) is 0 Å². The number of hydrogen-bond donors (Lipinski definition) is 1. The Morgan fingerprint density at radius 1 is 1.15 bits per heavy atom. The second-order valence-electron chi connectivity index (χ2n) is 6.53. The zero-order valence-electron chi connectivity index (χ0n) is 14.4. The molecule has 1 heterocycles. The van der Waals surface area contributed by atoms with Gasteiger partial charge < -0.3 is 0 Å². The third-order valence-corrected chi connectivity index (χ3v) is 5.04. The second-order valence-corrected chi connectivity index (χ2v) is 7.45. The van der Waals surface area contributed by atoms with E-state index in [9.17, 15) is 4.79 Å². The Balaban J connectivity index is 1.68. The molecule has 0 atom stereocenters. The molecule has 1 N–H and O–H groups in total. The van der Waals surface area contributed by atoms with Crippen LogP contribution in [0.3, 0.4) is 0 Å². The Kier molecular flexibility index (Phi) is 4.55. The molecule has 0 bridgehead atoms. The van der Waals surface area contributed by atoms with Gasteiger partial charge in [-0.15, -0.1) is 0 Å². The van der Waals surface area contributed by atoms with Gasteiger partial charge in [0.05, 0.1) is 16.8 Å². The van der Waals surface area contributed by atoms with Crippen molar-refractivity contribution in [1.29, 1.82) is 0 Å². The number of carbonyl (C=O) groups is 1. The SMILES string of the molecule is C/C(=N/NC(=O)c1cc(C2CC2)nc2ccc(Br)cc12)c1ccccc1. The first kappa shape index (κ1) is 16.9. The van der Waals surface area contributed by atoms with Gasteiger partial charge in [0.15, 0.2) is 0 Å². The molecule has 1 aliphatic rings. The quantitative estimate of drug-likeness (QED) is 0.486. The first-order valence-electron chi connectivity index (χ1n) is 8.62. The van der Waals surface area contributed by atoms with Gasteiger partial charge in [-0.05, 0) is 49.6 Å². The summed E-state index contributed by atoms with van der Waals surface area (Å²) in [7, 11) is 0. The molecule has 4 nitrogen and oxygen atoms in total. The maximum Gasteiger partial charge on any atom is 0.272 e. The van der Waals surface area contributed by atoms with Crippen molar-refractivity contribution in [3.05, 3.63) is 75.9 Å². The average molecular weight is 408 g/mol. The maximum absolute atomic E-state index is 12.8. The van der Waals surface area contributed by atoms with Gasteiger partial charge in [0.25, 0.3) is 5.91 Å². The highest BCUT2D eigenvalue weighted by Crippen LogP contribution is 2.40. The molecular formula is C21H18BrN3O. The van der Waals surface area contributed by atoms with Gasteiger partial charge >= 0.3 is 0 Å². The lowest BCUT2D eigenvalue weighted by molar-refractivity contribution is 0.0956. The third kappa shape index (κ3) is 3.53. The van der Waals surface area contributed by atoms with E-state index in [0.717, 1.165) is 45.2 Å². The number of hydrazone groups is 1. The molecule has 130 valence electrons. The van der Waals surface area contributed by atoms with E-state index in [0.29, 0.717) is 11.5 Å². The van der Waals surface area contributed by atoms with Crippen molar-refractivity contribution in [2.24, 2.45) is 5.10 Å². The number of aromatic nitrogens is 1. The molecule has 26 heavy (non-hydrogen) atoms. The fraction of sp³-hybridized carbons (Fsp3) is 0.190. The van der Waals surface area contributed by atoms with Crippen LogP contribution < -0.4 is 5.43 Å². The number of amides is 1. The average Bonchev–Trinajstić information content (AvgIpc) is 3.51. The maximum atomic E-state index is 12.8. The van der Waals surface area contributed by atoms with Crippen molar-refractivity contribution in [2.45, 2.75) is 25.7 Å². The standard InChI is InChI=1S/C21H18BrN3O/c1-13(14-5-3-2-4-6-14)24-25-21(26)18-12-20(15-7-8-15)23-19-10-9-16(22)11-17(18)19/h2-6,9-12,15H,7-8H2,1H3,(H,25,26)/b24-13-. The number of rotatable bonds is 4. The lowest BCUT2D eigenvalue weighted by Gasteiger charge is -2.09. The molecule has 0 unspecified atom stereocenters. The Bertz CT molecular complexity index is 1010. The smallest absolute Gasteiger partial charge is 0.267 e. The van der Waals surface area contributed by atoms with Crippen LogP contribution in [0, 0.1) is 0 Å². The van der Waals surface area contributed by atoms with Crippen LogP contribution in [0.4, 0.5) is 0 Å². The number of nitrogens with one attached hydrogen (secondary N) is 1. The van der Waals surface area contributed by atoms with Crippen LogP contribution >= 0.6 is 15.9 Å². The predicted molar refractivity (Wildman–Crippen MR) is 108 cm³/mol. The van der Waals surface area contributed by atoms with Crippen LogP contribution in [0.5, 0.6) is 0 Å². The Morgan fingerprint density at radius 2 is 1.92 bits per heavy atom. The summed E-state index contributed by atoms with van der Waals surface area (Å²) in [6.07, 6.45) is 2.28. The van der Waals surface area contributed by atoms with Crippen LogP contribution in [-0.2, 0) is 0 Å². The van der Waals surface area contributed by atoms with Crippen molar-refractivity contribution in [3.8, 4) is 0 Å². The van der Waals surface area contributed by atoms with E-state index in [2.05, 4.69) is 26.5 Å². The summed E-state index contributed by atoms with van der Waals surface area (Å²) < 4.78 is 0.920. The topological polar surface area (TPSA) is 54.4 Å². The highest BCUT2D eigenvalue weighted by atomic mass is 79.9. The van der Waals surface area contributed by atoms with Crippen LogP contribution in [0.1, 0.15) is 47.3 Å². The number of fused-ring (bicyclic) bond motifs is 1. The Hall–Kier alpha value is -2.53. The molecule has 1 amide bonds. The van der Waals surface area contributed by atoms with Crippen molar-refractivity contribution >= 4 is 38.5 Å². The van der Waals surface area contributed by atoms with E-state index in [1.165, 1.54) is 0 Å². The minimum Gasteiger partial charge on any atom is -0.267 e. The highest BCUT2D eigenvalue weighted by molar-refractivity contribution is 9.10. The van der Waals surface area contributed by atoms with E-state index in [-0.39, 0.29) is 5.91 Å². The molecule has 0 saturated heterocycles. The number of pyridine rings is 1. The monoisotopic (exact) mass is 407 g/mol. The van der Waals surface area contributed by atoms with E-state index in [1.54, 1.807) is 0 Å². The summed E-state index contributed by atoms with van der Waals surface area (Å²) in [6.45, 7) is 1.88. The minimum absolute atomic E-state index is 0.215. The molecule has 1 fully saturated rings. The number of halogens is 1. The summed E-state index contributed by atoms with van der Waals surface area (Å²) in [5.74, 6) is 0.261. The molecule has 3 aromatic rings. The zero-order chi connectivity index (χ0) is 18.1. The molecule has 0 spiro atoms. The van der Waals surface area contributed by atoms with Crippen LogP contribution in [-0.4, -0.2) is 16.6 Å². The van der Waals surface area contributed by atoms with E-state index >= 15 is 0 Å². The lowest BCUT2D eigenvalue weighted by atomic mass is 10.1. The summed E-state index contributed by atoms with van der Waals surface area (Å²) in [5.41, 5.74) is 6.89. The van der Waals surface area contributed by atoms with Gasteiger partial charge in [-0.2, -0.15) is 5.10 Å². The number of nitrogens with zero attached hydrogens (tertiary/aromatic N) is 2. The Morgan fingerprint density at radius 3 is 2.65 bits per heavy atom. The molecule has 1 saturated carbocycles. The second kappa shape index (κ2) is 7.00. The van der Waals surface area contributed by atoms with Crippen molar-refractivity contribution in [3.63, 3.8) is 0 Å². The zero-order valence-corrected chi connectivity index (χ0v) is 16.0. The van der Waals surface area contributed by atoms with Crippen molar-refractivity contribution in [1.82, 2.24) is 10.4 Å². The molecule has 2 aromatic carbocycles. The summed E-state index contributed by atoms with van der Waals surface area (Å²) >= 11 is 3.48. The summed E-state index contributed by atoms with van der Waals surface area (Å²) in [4.78, 5) is 17.6. The minimum atomic E-state index is -0.215. The lowest BCUT2D eigenvalue weighted by Crippen LogP contribution is -2.20. The molecule has 0 radical (unpaired) electrons. The molecular weight excluding hydrogens is 390 g/mol. The van der Waals surface area contributed by atoms with Gasteiger partial charge in [0, 0.05) is 21.5 Å². The molecule has 5 heteroatoms. The summed E-state index contributed by atoms with van der Waals surface area (Å²) in [6, 6.07) is 17.5. The van der Waals surface area contributed by atoms with Gasteiger partial charge in [-0.3, -0.25) is 9.78 Å². The van der Waals surface area contributed by atoms with Gasteiger partial charge in [0.1, 0.15) is 0 Å². The fourth-order valence-corrected chi connectivity index (χ4v) is 3.29. The molecule has 4 rings (SSSR count). The summed E-state index contributed by atoms with van der Waals surface area (Å²) in [5, 5.41) is 5.10. The van der Waals surface area contributed by atoms with Crippen LogP contribution in [0.15, 0.2) is 64.2 Å². The molecule has 0 aliphatic heterocycles. The first-order chi connectivity index (χ1) is 12.6. The number of carbonyl (C=O) groups excluding carboxylic acids is 1. The number of hydrogen-bond acceptors (Lipinski definition) is 3. The van der Waals surface area contributed by atoms with E-state index < -0.39 is 0 Å². The highest BCUT2D eigenvalue weighted by Gasteiger charge is 2.27. The van der Waals surface area contributed by atoms with Gasteiger partial charge in [-0.25, -0.2) is 5.43 Å². The van der Waals surface area contributed by atoms with E-state index in [1.807, 2.05) is 61.5 Å². The Labute approximate surface area is 160 Å². The van der Waals surface area contributed by atoms with Gasteiger partial charge in [0.2, 0.25) is 0 Å². The third-order valence-electron chi connectivity index (χ3n) is 4.55. The predicted octanol–water partition coefficient (Wildman–Crippen LogP) is 5.03. The normalized spacial score (nSPS) is 14.5. The van der Waals surface area contributed by atoms with Crippen LogP contribution in [0.25, 0.3) is 10.9 Å². The molecule has 1 aromatic heterocycles.